The molecule has 5 rings (SSSR count). The number of hydrogen-bond donors (Lipinski definition) is 2. The Morgan fingerprint density at radius 1 is 1.23 bits per heavy atom. The zero-order chi connectivity index (χ0) is 24.4. The summed E-state index contributed by atoms with van der Waals surface area (Å²) in [5, 5.41) is 9.83. The molecule has 1 aliphatic rings. The number of aromatic amines is 1. The summed E-state index contributed by atoms with van der Waals surface area (Å²) >= 11 is 0. The number of anilines is 2. The number of imidazole rings is 1. The molecule has 2 N–H and O–H groups in total. The lowest BCUT2D eigenvalue weighted by molar-refractivity contribution is 0.0380. The predicted octanol–water partition coefficient (Wildman–Crippen LogP) is 2.79. The number of hydrogen-bond acceptors (Lipinski definition) is 8. The predicted molar refractivity (Wildman–Crippen MR) is 128 cm³/mol. The van der Waals surface area contributed by atoms with Gasteiger partial charge < -0.3 is 24.3 Å². The molecule has 35 heavy (non-hydrogen) atoms. The number of nitrogens with zero attached hydrogens (tertiary/aromatic N) is 6. The molecule has 4 heterocycles. The number of amides is 1. The van der Waals surface area contributed by atoms with E-state index in [0.29, 0.717) is 48.7 Å². The summed E-state index contributed by atoms with van der Waals surface area (Å²) in [5.74, 6) is 2.04. The maximum absolute atomic E-state index is 13.6. The van der Waals surface area contributed by atoms with Crippen LogP contribution in [0.4, 0.5) is 11.8 Å². The van der Waals surface area contributed by atoms with Gasteiger partial charge in [-0.05, 0) is 30.2 Å². The molecule has 0 spiro atoms. The van der Waals surface area contributed by atoms with Crippen LogP contribution in [0.25, 0.3) is 11.4 Å². The maximum atomic E-state index is 13.6. The first kappa shape index (κ1) is 22.5. The number of fused-ring (bicyclic) bond motifs is 1. The lowest BCUT2D eigenvalue weighted by Crippen LogP contribution is -2.49. The molecule has 0 saturated heterocycles. The highest BCUT2D eigenvalue weighted by atomic mass is 16.5. The number of methoxy groups -OCH3 is 2. The van der Waals surface area contributed by atoms with Gasteiger partial charge >= 0.3 is 0 Å². The van der Waals surface area contributed by atoms with E-state index in [4.69, 9.17) is 9.47 Å². The maximum Gasteiger partial charge on any atom is 0.290 e. The number of H-pyrrole nitrogens is 1. The molecular formula is C24H26N8O3. The van der Waals surface area contributed by atoms with Gasteiger partial charge in [0.15, 0.2) is 5.82 Å². The van der Waals surface area contributed by atoms with E-state index < -0.39 is 0 Å². The number of nitrogens with one attached hydrogen (secondary N) is 2. The fourth-order valence-electron chi connectivity index (χ4n) is 4.17. The lowest BCUT2D eigenvalue weighted by Gasteiger charge is -2.35. The third-order valence-electron chi connectivity index (χ3n) is 5.88. The molecule has 1 amide bonds. The van der Waals surface area contributed by atoms with Crippen molar-refractivity contribution in [3.8, 4) is 17.1 Å². The molecule has 1 atom stereocenters. The zero-order valence-electron chi connectivity index (χ0n) is 19.7. The molecule has 11 nitrogen and oxygen atoms in total. The van der Waals surface area contributed by atoms with Gasteiger partial charge in [0.2, 0.25) is 5.95 Å². The average molecular weight is 475 g/mol. The van der Waals surface area contributed by atoms with Crippen LogP contribution in [-0.2, 0) is 17.8 Å². The Bertz CT molecular complexity index is 1330. The summed E-state index contributed by atoms with van der Waals surface area (Å²) in [6.07, 6.45) is 5.23. The number of ether oxygens (including phenoxy) is 2. The Morgan fingerprint density at radius 2 is 2.11 bits per heavy atom. The summed E-state index contributed by atoms with van der Waals surface area (Å²) in [6, 6.07) is 9.35. The Balaban J connectivity index is 1.45. The van der Waals surface area contributed by atoms with E-state index in [2.05, 4.69) is 30.5 Å². The molecule has 0 aliphatic carbocycles. The van der Waals surface area contributed by atoms with E-state index >= 15 is 0 Å². The molecule has 1 unspecified atom stereocenters. The number of rotatable bonds is 8. The van der Waals surface area contributed by atoms with Crippen LogP contribution in [0.5, 0.6) is 5.75 Å². The molecule has 0 fully saturated rings. The number of benzene rings is 1. The third kappa shape index (κ3) is 4.58. The zero-order valence-corrected chi connectivity index (χ0v) is 19.7. The number of carbonyl (C=O) groups is 1. The Labute approximate surface area is 202 Å². The third-order valence-corrected chi connectivity index (χ3v) is 5.88. The van der Waals surface area contributed by atoms with Crippen molar-refractivity contribution in [1.82, 2.24) is 34.6 Å². The van der Waals surface area contributed by atoms with Gasteiger partial charge in [-0.1, -0.05) is 12.1 Å². The topological polar surface area (TPSA) is 123 Å². The molecule has 11 heteroatoms. The Kier molecular flexibility index (Phi) is 6.15. The summed E-state index contributed by atoms with van der Waals surface area (Å²) in [7, 11) is 3.27. The quantitative estimate of drug-likeness (QED) is 0.400. The van der Waals surface area contributed by atoms with E-state index in [0.717, 1.165) is 16.9 Å². The van der Waals surface area contributed by atoms with Crippen LogP contribution in [0.2, 0.25) is 0 Å². The Morgan fingerprint density at radius 3 is 2.89 bits per heavy atom. The molecule has 0 saturated carbocycles. The van der Waals surface area contributed by atoms with Crippen molar-refractivity contribution in [3.05, 3.63) is 65.9 Å². The Hall–Kier alpha value is -4.25. The van der Waals surface area contributed by atoms with Gasteiger partial charge in [-0.15, -0.1) is 0 Å². The molecule has 4 aromatic rings. The molecule has 1 aromatic carbocycles. The lowest BCUT2D eigenvalue weighted by atomic mass is 10.1. The van der Waals surface area contributed by atoms with E-state index in [1.54, 1.807) is 32.7 Å². The summed E-state index contributed by atoms with van der Waals surface area (Å²) in [6.45, 7) is 3.32. The molecule has 3 aromatic heterocycles. The van der Waals surface area contributed by atoms with Crippen LogP contribution in [0, 0.1) is 6.92 Å². The smallest absolute Gasteiger partial charge is 0.290 e. The van der Waals surface area contributed by atoms with Gasteiger partial charge in [0, 0.05) is 38.7 Å². The van der Waals surface area contributed by atoms with Crippen molar-refractivity contribution in [3.63, 3.8) is 0 Å². The number of aromatic nitrogens is 6. The standard InChI is InChI=1S/C24H26N8O3/c1-15-10-25-24(28-20-7-8-26-30-20)29-21(15)19-13-31-12-17(14-34-2)32(23(33)22(31)27-19)11-16-5-4-6-18(9-16)35-3/h4-10,13,17H,11-12,14H2,1-3H3,(H2,25,26,28,29,30). The van der Waals surface area contributed by atoms with Crippen LogP contribution in [0.1, 0.15) is 21.7 Å². The highest BCUT2D eigenvalue weighted by molar-refractivity contribution is 5.92. The summed E-state index contributed by atoms with van der Waals surface area (Å²) in [4.78, 5) is 29.0. The largest absolute Gasteiger partial charge is 0.497 e. The van der Waals surface area contributed by atoms with Gasteiger partial charge in [-0.2, -0.15) is 5.10 Å². The van der Waals surface area contributed by atoms with Crippen molar-refractivity contribution >= 4 is 17.7 Å². The first-order chi connectivity index (χ1) is 17.1. The van der Waals surface area contributed by atoms with Gasteiger partial charge in [0.25, 0.3) is 5.91 Å². The van der Waals surface area contributed by atoms with Gasteiger partial charge in [-0.3, -0.25) is 9.89 Å². The van der Waals surface area contributed by atoms with E-state index in [9.17, 15) is 4.79 Å². The van der Waals surface area contributed by atoms with Crippen LogP contribution in [-0.4, -0.2) is 67.4 Å². The fraction of sp³-hybridized carbons (Fsp3) is 0.292. The fourth-order valence-corrected chi connectivity index (χ4v) is 4.17. The van der Waals surface area contributed by atoms with Crippen LogP contribution >= 0.6 is 0 Å². The van der Waals surface area contributed by atoms with E-state index in [1.807, 2.05) is 46.9 Å². The summed E-state index contributed by atoms with van der Waals surface area (Å²) in [5.41, 5.74) is 3.09. The minimum Gasteiger partial charge on any atom is -0.497 e. The average Bonchev–Trinajstić information content (AvgIpc) is 3.53. The van der Waals surface area contributed by atoms with Crippen molar-refractivity contribution in [2.75, 3.05) is 26.1 Å². The first-order valence-corrected chi connectivity index (χ1v) is 11.2. The van der Waals surface area contributed by atoms with Crippen LogP contribution in [0.15, 0.2) is 48.9 Å². The second-order valence-electron chi connectivity index (χ2n) is 8.32. The monoisotopic (exact) mass is 474 g/mol. The van der Waals surface area contributed by atoms with Gasteiger partial charge in [0.1, 0.15) is 17.3 Å². The van der Waals surface area contributed by atoms with Crippen molar-refractivity contribution in [1.29, 1.82) is 0 Å². The second kappa shape index (κ2) is 9.55. The highest BCUT2D eigenvalue weighted by Gasteiger charge is 2.34. The van der Waals surface area contributed by atoms with Crippen molar-refractivity contribution in [2.45, 2.75) is 26.1 Å². The normalized spacial score (nSPS) is 15.2. The number of aryl methyl sites for hydroxylation is 1. The molecule has 0 bridgehead atoms. The minimum atomic E-state index is -0.158. The first-order valence-electron chi connectivity index (χ1n) is 11.2. The number of carbonyl (C=O) groups excluding carboxylic acids is 1. The molecule has 180 valence electrons. The van der Waals surface area contributed by atoms with E-state index in [1.165, 1.54) is 0 Å². The highest BCUT2D eigenvalue weighted by Crippen LogP contribution is 2.27. The summed E-state index contributed by atoms with van der Waals surface area (Å²) < 4.78 is 12.7. The SMILES string of the molecule is COCC1Cn2cc(-c3nc(Nc4ccn[nH]4)ncc3C)nc2C(=O)N1Cc1cccc(OC)c1. The van der Waals surface area contributed by atoms with Gasteiger partial charge in [-0.25, -0.2) is 15.0 Å². The van der Waals surface area contributed by atoms with Gasteiger partial charge in [0.05, 0.1) is 31.6 Å². The van der Waals surface area contributed by atoms with Crippen LogP contribution < -0.4 is 10.1 Å². The minimum absolute atomic E-state index is 0.141. The van der Waals surface area contributed by atoms with Crippen LogP contribution in [0.3, 0.4) is 0 Å². The van der Waals surface area contributed by atoms with Crippen molar-refractivity contribution < 1.29 is 14.3 Å². The molecule has 1 aliphatic heterocycles. The molecular weight excluding hydrogens is 448 g/mol. The second-order valence-corrected chi connectivity index (χ2v) is 8.32. The van der Waals surface area contributed by atoms with E-state index in [-0.39, 0.29) is 11.9 Å². The van der Waals surface area contributed by atoms with Crippen molar-refractivity contribution in [2.24, 2.45) is 0 Å². The molecule has 0 radical (unpaired) electrons.